The first-order chi connectivity index (χ1) is 7.36. The summed E-state index contributed by atoms with van der Waals surface area (Å²) in [4.78, 5) is 10.7. The lowest BCUT2D eigenvalue weighted by Gasteiger charge is -2.06. The Hall–Kier alpha value is -1.08. The van der Waals surface area contributed by atoms with E-state index in [0.29, 0.717) is 12.2 Å². The summed E-state index contributed by atoms with van der Waals surface area (Å²) in [7, 11) is 1.42. The Kier molecular flexibility index (Phi) is 3.93. The third-order valence-electron chi connectivity index (χ3n) is 1.98. The number of rotatable bonds is 4. The van der Waals surface area contributed by atoms with Crippen LogP contribution in [0.1, 0.15) is 19.5 Å². The first-order valence-corrected chi connectivity index (χ1v) is 6.91. The Morgan fingerprint density at radius 1 is 1.62 bits per heavy atom. The Morgan fingerprint density at radius 2 is 2.25 bits per heavy atom. The first-order valence-electron chi connectivity index (χ1n) is 4.60. The lowest BCUT2D eigenvalue weighted by Crippen LogP contribution is -2.22. The molecule has 0 aromatic carbocycles. The van der Waals surface area contributed by atoms with E-state index < -0.39 is 9.05 Å². The van der Waals surface area contributed by atoms with Crippen molar-refractivity contribution in [1.29, 1.82) is 0 Å². The van der Waals surface area contributed by atoms with Crippen LogP contribution in [0.4, 0.5) is 0 Å². The van der Waals surface area contributed by atoms with Gasteiger partial charge in [-0.15, -0.1) is 0 Å². The third kappa shape index (κ3) is 2.96. The van der Waals surface area contributed by atoms with Crippen molar-refractivity contribution in [2.75, 3.05) is 0 Å². The molecule has 0 aliphatic carbocycles. The topological polar surface area (TPSA) is 81.1 Å². The van der Waals surface area contributed by atoms with Crippen molar-refractivity contribution < 1.29 is 13.2 Å². The zero-order valence-corrected chi connectivity index (χ0v) is 10.5. The smallest absolute Gasteiger partial charge is 0.264 e. The maximum Gasteiger partial charge on any atom is 0.264 e. The van der Waals surface area contributed by atoms with Crippen LogP contribution in [-0.4, -0.2) is 24.1 Å². The molecule has 0 saturated heterocycles. The average Bonchev–Trinajstić information content (AvgIpc) is 2.56. The van der Waals surface area contributed by atoms with Crippen molar-refractivity contribution in [3.63, 3.8) is 0 Å². The molecule has 1 aromatic rings. The molecule has 1 N–H and O–H groups in total. The number of carbonyl (C=O) groups is 1. The fourth-order valence-corrected chi connectivity index (χ4v) is 2.28. The second-order valence-electron chi connectivity index (χ2n) is 3.12. The molecule has 0 unspecified atom stereocenters. The summed E-state index contributed by atoms with van der Waals surface area (Å²) in [6.45, 7) is 3.75. The van der Waals surface area contributed by atoms with Gasteiger partial charge in [0.1, 0.15) is 4.90 Å². The van der Waals surface area contributed by atoms with Gasteiger partial charge in [-0.2, -0.15) is 5.10 Å². The molecule has 6 nitrogen and oxygen atoms in total. The molecule has 0 aliphatic rings. The normalized spacial score (nSPS) is 11.4. The summed E-state index contributed by atoms with van der Waals surface area (Å²) in [5.41, 5.74) is 0.382. The molecule has 8 heteroatoms. The van der Waals surface area contributed by atoms with E-state index in [9.17, 15) is 13.2 Å². The number of amides is 1. The summed E-state index contributed by atoms with van der Waals surface area (Å²) in [5.74, 6) is -0.248. The summed E-state index contributed by atoms with van der Waals surface area (Å²) in [6, 6.07) is 0. The number of hydrogen-bond acceptors (Lipinski definition) is 4. The molecule has 1 rings (SSSR count). The number of nitrogens with zero attached hydrogens (tertiary/aromatic N) is 2. The van der Waals surface area contributed by atoms with E-state index >= 15 is 0 Å². The largest absolute Gasteiger partial charge is 0.351 e. The molecular weight excluding hydrogens is 254 g/mol. The molecule has 90 valence electrons. The molecule has 0 saturated carbocycles. The minimum atomic E-state index is -3.83. The van der Waals surface area contributed by atoms with Gasteiger partial charge in [-0.3, -0.25) is 9.48 Å². The van der Waals surface area contributed by atoms with Crippen LogP contribution in [0.3, 0.4) is 0 Å². The first kappa shape index (κ1) is 13.0. The minimum absolute atomic E-state index is 0.0650. The molecule has 0 atom stereocenters. The van der Waals surface area contributed by atoms with Crippen molar-refractivity contribution in [1.82, 2.24) is 15.1 Å². The lowest BCUT2D eigenvalue weighted by atomic mass is 10.4. The van der Waals surface area contributed by atoms with Gasteiger partial charge in [0.05, 0.1) is 18.4 Å². The Bertz CT molecular complexity index is 495. The predicted molar refractivity (Wildman–Crippen MR) is 58.5 cm³/mol. The highest BCUT2D eigenvalue weighted by Gasteiger charge is 2.20. The van der Waals surface area contributed by atoms with E-state index in [-0.39, 0.29) is 17.3 Å². The number of aryl methyl sites for hydroxylation is 1. The van der Waals surface area contributed by atoms with Crippen LogP contribution >= 0.6 is 10.7 Å². The summed E-state index contributed by atoms with van der Waals surface area (Å²) < 4.78 is 23.9. The van der Waals surface area contributed by atoms with Crippen molar-refractivity contribution in [3.8, 4) is 0 Å². The van der Waals surface area contributed by atoms with Crippen LogP contribution in [0.15, 0.2) is 11.1 Å². The summed E-state index contributed by atoms with van der Waals surface area (Å²) >= 11 is 0. The van der Waals surface area contributed by atoms with Crippen LogP contribution in [0.5, 0.6) is 0 Å². The molecule has 16 heavy (non-hydrogen) atoms. The molecule has 1 amide bonds. The molecule has 0 fully saturated rings. The quantitative estimate of drug-likeness (QED) is 0.803. The van der Waals surface area contributed by atoms with E-state index in [1.807, 2.05) is 6.92 Å². The standard InChI is InChI=1S/C8H12ClN3O3S/c1-3-12-7(4-10-6(2)13)8(5-11-12)16(9,14)15/h5H,3-4H2,1-2H3,(H,10,13). The number of carbonyl (C=O) groups excluding carboxylic acids is 1. The van der Waals surface area contributed by atoms with Gasteiger partial charge in [-0.1, -0.05) is 0 Å². The summed E-state index contributed by atoms with van der Waals surface area (Å²) in [5, 5.41) is 6.39. The van der Waals surface area contributed by atoms with Crippen LogP contribution in [0.2, 0.25) is 0 Å². The van der Waals surface area contributed by atoms with Gasteiger partial charge in [0.15, 0.2) is 0 Å². The molecule has 0 aliphatic heterocycles. The summed E-state index contributed by atoms with van der Waals surface area (Å²) in [6.07, 6.45) is 1.18. The van der Waals surface area contributed by atoms with Crippen LogP contribution in [-0.2, 0) is 26.9 Å². The molecule has 0 bridgehead atoms. The van der Waals surface area contributed by atoms with E-state index in [2.05, 4.69) is 10.4 Å². The second-order valence-corrected chi connectivity index (χ2v) is 5.65. The van der Waals surface area contributed by atoms with Crippen molar-refractivity contribution in [2.45, 2.75) is 31.8 Å². The maximum atomic E-state index is 11.2. The predicted octanol–water partition coefficient (Wildman–Crippen LogP) is 0.467. The Morgan fingerprint density at radius 3 is 2.69 bits per heavy atom. The average molecular weight is 266 g/mol. The third-order valence-corrected chi connectivity index (χ3v) is 3.34. The van der Waals surface area contributed by atoms with Gasteiger partial charge in [-0.05, 0) is 6.92 Å². The van der Waals surface area contributed by atoms with Gasteiger partial charge in [0, 0.05) is 24.2 Å². The molecular formula is C8H12ClN3O3S. The van der Waals surface area contributed by atoms with Crippen LogP contribution in [0.25, 0.3) is 0 Å². The Labute approximate surface area is 98.0 Å². The highest BCUT2D eigenvalue weighted by molar-refractivity contribution is 8.13. The molecule has 1 aromatic heterocycles. The number of hydrogen-bond donors (Lipinski definition) is 1. The fourth-order valence-electron chi connectivity index (χ4n) is 1.26. The highest BCUT2D eigenvalue weighted by atomic mass is 35.7. The van der Waals surface area contributed by atoms with Gasteiger partial charge in [0.2, 0.25) is 5.91 Å². The van der Waals surface area contributed by atoms with E-state index in [1.165, 1.54) is 17.8 Å². The molecule has 0 radical (unpaired) electrons. The van der Waals surface area contributed by atoms with Crippen LogP contribution in [0, 0.1) is 0 Å². The maximum absolute atomic E-state index is 11.2. The lowest BCUT2D eigenvalue weighted by molar-refractivity contribution is -0.119. The monoisotopic (exact) mass is 265 g/mol. The van der Waals surface area contributed by atoms with Crippen LogP contribution < -0.4 is 5.32 Å². The minimum Gasteiger partial charge on any atom is -0.351 e. The fraction of sp³-hybridized carbons (Fsp3) is 0.500. The number of aromatic nitrogens is 2. The van der Waals surface area contributed by atoms with Crippen molar-refractivity contribution in [3.05, 3.63) is 11.9 Å². The molecule has 1 heterocycles. The van der Waals surface area contributed by atoms with Gasteiger partial charge >= 0.3 is 0 Å². The SMILES string of the molecule is CCn1ncc(S(=O)(=O)Cl)c1CNC(C)=O. The molecule has 0 spiro atoms. The van der Waals surface area contributed by atoms with Crippen molar-refractivity contribution in [2.24, 2.45) is 0 Å². The van der Waals surface area contributed by atoms with Crippen molar-refractivity contribution >= 4 is 25.6 Å². The van der Waals surface area contributed by atoms with Gasteiger partial charge in [-0.25, -0.2) is 8.42 Å². The van der Waals surface area contributed by atoms with Gasteiger partial charge < -0.3 is 5.32 Å². The number of halogens is 1. The zero-order chi connectivity index (χ0) is 12.3. The highest BCUT2D eigenvalue weighted by Crippen LogP contribution is 2.19. The van der Waals surface area contributed by atoms with E-state index in [4.69, 9.17) is 10.7 Å². The second kappa shape index (κ2) is 4.84. The zero-order valence-electron chi connectivity index (χ0n) is 8.90. The number of nitrogens with one attached hydrogen (secondary N) is 1. The Balaban J connectivity index is 3.11. The van der Waals surface area contributed by atoms with E-state index in [0.717, 1.165) is 0 Å². The van der Waals surface area contributed by atoms with E-state index in [1.54, 1.807) is 0 Å². The van der Waals surface area contributed by atoms with Gasteiger partial charge in [0.25, 0.3) is 9.05 Å².